The van der Waals surface area contributed by atoms with Crippen LogP contribution in [0.5, 0.6) is 0 Å². The van der Waals surface area contributed by atoms with Crippen LogP contribution in [0.2, 0.25) is 0 Å². The second-order valence-corrected chi connectivity index (χ2v) is 6.45. The highest BCUT2D eigenvalue weighted by Gasteiger charge is 2.05. The molecule has 0 fully saturated rings. The van der Waals surface area contributed by atoms with E-state index < -0.39 is 0 Å². The maximum Gasteiger partial charge on any atom is 0.0883 e. The van der Waals surface area contributed by atoms with Gasteiger partial charge in [-0.1, -0.05) is 54.6 Å². The number of hydrogen-bond donors (Lipinski definition) is 1. The summed E-state index contributed by atoms with van der Waals surface area (Å²) in [5.41, 5.74) is 13.8. The van der Waals surface area contributed by atoms with Crippen LogP contribution in [0.25, 0.3) is 5.70 Å². The van der Waals surface area contributed by atoms with Gasteiger partial charge in [-0.25, -0.2) is 0 Å². The molecule has 0 aliphatic rings. The zero-order valence-corrected chi connectivity index (χ0v) is 15.2. The van der Waals surface area contributed by atoms with Crippen LogP contribution < -0.4 is 5.73 Å². The Kier molecular flexibility index (Phi) is 5.28. The molecule has 0 saturated heterocycles. The van der Waals surface area contributed by atoms with Crippen LogP contribution in [-0.2, 0) is 6.42 Å². The number of rotatable bonds is 5. The normalized spacial score (nSPS) is 11.0. The largest absolute Gasteiger partial charge is 0.398 e. The van der Waals surface area contributed by atoms with Crippen molar-refractivity contribution in [1.82, 2.24) is 4.98 Å². The topological polar surface area (TPSA) is 51.3 Å². The van der Waals surface area contributed by atoms with Gasteiger partial charge in [-0.05, 0) is 43.2 Å². The Bertz CT molecular complexity index is 971. The molecular formula is C23H23N3. The fourth-order valence-electron chi connectivity index (χ4n) is 2.82. The average molecular weight is 341 g/mol. The van der Waals surface area contributed by atoms with E-state index in [1.165, 1.54) is 16.7 Å². The molecule has 0 bridgehead atoms. The van der Waals surface area contributed by atoms with E-state index in [0.717, 1.165) is 23.4 Å². The first-order valence-corrected chi connectivity index (χ1v) is 8.63. The van der Waals surface area contributed by atoms with Crippen LogP contribution >= 0.6 is 0 Å². The maximum absolute atomic E-state index is 5.94. The van der Waals surface area contributed by atoms with Crippen molar-refractivity contribution < 1.29 is 0 Å². The minimum absolute atomic E-state index is 0.621. The summed E-state index contributed by atoms with van der Waals surface area (Å²) in [5.74, 6) is 0. The van der Waals surface area contributed by atoms with E-state index in [1.807, 2.05) is 42.5 Å². The van der Waals surface area contributed by atoms with Gasteiger partial charge in [0.2, 0.25) is 0 Å². The Morgan fingerprint density at radius 3 is 2.65 bits per heavy atom. The van der Waals surface area contributed by atoms with Gasteiger partial charge in [0.05, 0.1) is 11.4 Å². The van der Waals surface area contributed by atoms with E-state index in [1.54, 1.807) is 6.21 Å². The van der Waals surface area contributed by atoms with E-state index in [4.69, 9.17) is 10.7 Å². The van der Waals surface area contributed by atoms with Gasteiger partial charge in [0, 0.05) is 29.6 Å². The molecule has 130 valence electrons. The van der Waals surface area contributed by atoms with Crippen molar-refractivity contribution in [3.05, 3.63) is 101 Å². The van der Waals surface area contributed by atoms with Gasteiger partial charge in [0.25, 0.3) is 0 Å². The van der Waals surface area contributed by atoms with Crippen molar-refractivity contribution in [2.24, 2.45) is 4.99 Å². The van der Waals surface area contributed by atoms with Crippen LogP contribution in [0, 0.1) is 13.8 Å². The number of aromatic nitrogens is 1. The number of hydrogen-bond acceptors (Lipinski definition) is 3. The smallest absolute Gasteiger partial charge is 0.0883 e. The average Bonchev–Trinajstić information content (AvgIpc) is 2.63. The molecule has 0 amide bonds. The Morgan fingerprint density at radius 1 is 1.08 bits per heavy atom. The molecule has 3 rings (SSSR count). The summed E-state index contributed by atoms with van der Waals surface area (Å²) >= 11 is 0. The van der Waals surface area contributed by atoms with Gasteiger partial charge in [-0.15, -0.1) is 0 Å². The van der Waals surface area contributed by atoms with E-state index in [-0.39, 0.29) is 0 Å². The fraction of sp³-hybridized carbons (Fsp3) is 0.130. The Labute approximate surface area is 155 Å². The molecule has 3 aromatic rings. The first-order chi connectivity index (χ1) is 12.5. The molecule has 0 aliphatic carbocycles. The first kappa shape index (κ1) is 17.6. The number of nitrogens with zero attached hydrogens (tertiary/aromatic N) is 2. The maximum atomic E-state index is 5.94. The van der Waals surface area contributed by atoms with Crippen molar-refractivity contribution in [3.63, 3.8) is 0 Å². The molecule has 0 spiro atoms. The highest BCUT2D eigenvalue weighted by Crippen LogP contribution is 2.17. The lowest BCUT2D eigenvalue weighted by molar-refractivity contribution is 1.04. The van der Waals surface area contributed by atoms with Crippen molar-refractivity contribution in [1.29, 1.82) is 0 Å². The molecule has 1 heterocycles. The minimum atomic E-state index is 0.621. The first-order valence-electron chi connectivity index (χ1n) is 8.63. The van der Waals surface area contributed by atoms with Crippen LogP contribution in [-0.4, -0.2) is 11.2 Å². The number of anilines is 1. The number of benzene rings is 2. The Balaban J connectivity index is 1.78. The molecule has 0 aliphatic heterocycles. The van der Waals surface area contributed by atoms with E-state index in [0.29, 0.717) is 11.4 Å². The molecule has 2 aromatic carbocycles. The molecule has 3 nitrogen and oxygen atoms in total. The summed E-state index contributed by atoms with van der Waals surface area (Å²) in [4.78, 5) is 9.16. The van der Waals surface area contributed by atoms with E-state index >= 15 is 0 Å². The lowest BCUT2D eigenvalue weighted by atomic mass is 10.0. The quantitative estimate of drug-likeness (QED) is 0.527. The second kappa shape index (κ2) is 7.79. The highest BCUT2D eigenvalue weighted by atomic mass is 14.8. The third-order valence-corrected chi connectivity index (χ3v) is 4.33. The van der Waals surface area contributed by atoms with Crippen LogP contribution in [0.1, 0.15) is 33.6 Å². The standard InChI is InChI=1S/C23H23N3/c1-16-11-12-19(17(2)13-16)14-21-8-6-10-23(26-21)18(3)25-15-20-7-4-5-9-22(20)24/h4-13,15H,3,14,24H2,1-2H3. The summed E-state index contributed by atoms with van der Waals surface area (Å²) in [7, 11) is 0. The molecule has 1 aromatic heterocycles. The van der Waals surface area contributed by atoms with Gasteiger partial charge < -0.3 is 5.73 Å². The van der Waals surface area contributed by atoms with Gasteiger partial charge >= 0.3 is 0 Å². The molecule has 0 saturated carbocycles. The summed E-state index contributed by atoms with van der Waals surface area (Å²) in [6.45, 7) is 8.29. The molecule has 0 atom stereocenters. The number of aliphatic imine (C=N–C) groups is 1. The number of para-hydroxylation sites is 1. The molecule has 2 N–H and O–H groups in total. The molecular weight excluding hydrogens is 318 g/mol. The van der Waals surface area contributed by atoms with Crippen molar-refractivity contribution in [2.45, 2.75) is 20.3 Å². The van der Waals surface area contributed by atoms with Gasteiger partial charge in [0.1, 0.15) is 0 Å². The van der Waals surface area contributed by atoms with Crippen LogP contribution in [0.3, 0.4) is 0 Å². The SMILES string of the molecule is C=C(N=Cc1ccccc1N)c1cccc(Cc2ccc(C)cc2C)n1. The number of aryl methyl sites for hydroxylation is 2. The lowest BCUT2D eigenvalue weighted by Gasteiger charge is -2.08. The van der Waals surface area contributed by atoms with Crippen molar-refractivity contribution in [2.75, 3.05) is 5.73 Å². The molecule has 0 radical (unpaired) electrons. The Morgan fingerprint density at radius 2 is 1.88 bits per heavy atom. The van der Waals surface area contributed by atoms with Crippen LogP contribution in [0.15, 0.2) is 72.2 Å². The summed E-state index contributed by atoms with van der Waals surface area (Å²) < 4.78 is 0. The number of nitrogen functional groups attached to an aromatic ring is 1. The predicted molar refractivity (Wildman–Crippen MR) is 110 cm³/mol. The summed E-state index contributed by atoms with van der Waals surface area (Å²) in [5, 5.41) is 0. The summed E-state index contributed by atoms with van der Waals surface area (Å²) in [6.07, 6.45) is 2.53. The molecule has 3 heteroatoms. The third-order valence-electron chi connectivity index (χ3n) is 4.33. The van der Waals surface area contributed by atoms with Crippen molar-refractivity contribution in [3.8, 4) is 0 Å². The summed E-state index contributed by atoms with van der Waals surface area (Å²) in [6, 6.07) is 20.1. The minimum Gasteiger partial charge on any atom is -0.398 e. The molecule has 26 heavy (non-hydrogen) atoms. The zero-order chi connectivity index (χ0) is 18.5. The zero-order valence-electron chi connectivity index (χ0n) is 15.2. The van der Waals surface area contributed by atoms with E-state index in [2.05, 4.69) is 43.6 Å². The van der Waals surface area contributed by atoms with Crippen molar-refractivity contribution >= 4 is 17.6 Å². The predicted octanol–water partition coefficient (Wildman–Crippen LogP) is 4.96. The third kappa shape index (κ3) is 4.25. The second-order valence-electron chi connectivity index (χ2n) is 6.45. The van der Waals surface area contributed by atoms with E-state index in [9.17, 15) is 0 Å². The Hall–Kier alpha value is -3.20. The number of pyridine rings is 1. The van der Waals surface area contributed by atoms with Gasteiger partial charge in [-0.2, -0.15) is 0 Å². The monoisotopic (exact) mass is 341 g/mol. The van der Waals surface area contributed by atoms with Crippen LogP contribution in [0.4, 0.5) is 5.69 Å². The molecule has 0 unspecified atom stereocenters. The highest BCUT2D eigenvalue weighted by molar-refractivity contribution is 5.89. The van der Waals surface area contributed by atoms with Gasteiger partial charge in [-0.3, -0.25) is 9.98 Å². The van der Waals surface area contributed by atoms with Gasteiger partial charge in [0.15, 0.2) is 0 Å². The fourth-order valence-corrected chi connectivity index (χ4v) is 2.82. The lowest BCUT2D eigenvalue weighted by Crippen LogP contribution is -1.98. The number of nitrogens with two attached hydrogens (primary N) is 1.